The first-order chi connectivity index (χ1) is 10.1. The highest BCUT2D eigenvalue weighted by Gasteiger charge is 2.29. The molecule has 7 nitrogen and oxygen atoms in total. The first-order valence-electron chi connectivity index (χ1n) is 7.11. The minimum absolute atomic E-state index is 0.0802. The van der Waals surface area contributed by atoms with Crippen molar-refractivity contribution in [2.24, 2.45) is 11.8 Å². The summed E-state index contributed by atoms with van der Waals surface area (Å²) in [5, 5.41) is 11.2. The summed E-state index contributed by atoms with van der Waals surface area (Å²) in [6.45, 7) is 3.08. The average Bonchev–Trinajstić information content (AvgIpc) is 2.44. The second-order valence-corrected chi connectivity index (χ2v) is 5.24. The van der Waals surface area contributed by atoms with Crippen LogP contribution in [-0.2, 0) is 0 Å². The number of hydrogen-bond donors (Lipinski definition) is 2. The van der Waals surface area contributed by atoms with Gasteiger partial charge in [0, 0.05) is 13.1 Å². The average molecular weight is 292 g/mol. The number of rotatable bonds is 6. The number of carbonyl (C=O) groups is 1. The zero-order valence-corrected chi connectivity index (χ0v) is 12.0. The molecular formula is C14H20N4O3. The van der Waals surface area contributed by atoms with E-state index in [4.69, 9.17) is 5.84 Å². The lowest BCUT2D eigenvalue weighted by Crippen LogP contribution is -2.37. The van der Waals surface area contributed by atoms with Crippen LogP contribution in [0.25, 0.3) is 0 Å². The Labute approximate surface area is 123 Å². The molecular weight excluding hydrogens is 272 g/mol. The van der Waals surface area contributed by atoms with Crippen LogP contribution >= 0.6 is 0 Å². The monoisotopic (exact) mass is 292 g/mol. The molecule has 1 saturated carbocycles. The number of hydrazine groups is 1. The summed E-state index contributed by atoms with van der Waals surface area (Å²) >= 11 is 0. The summed E-state index contributed by atoms with van der Waals surface area (Å²) in [6.07, 6.45) is 3.44. The van der Waals surface area contributed by atoms with Gasteiger partial charge >= 0.3 is 5.69 Å². The van der Waals surface area contributed by atoms with Crippen LogP contribution in [0.5, 0.6) is 0 Å². The Balaban J connectivity index is 2.30. The zero-order chi connectivity index (χ0) is 15.4. The molecule has 3 N–H and O–H groups in total. The number of para-hydroxylation sites is 1. The third-order valence-corrected chi connectivity index (χ3v) is 3.98. The highest BCUT2D eigenvalue weighted by molar-refractivity contribution is 6.00. The summed E-state index contributed by atoms with van der Waals surface area (Å²) in [7, 11) is 0. The molecule has 1 amide bonds. The van der Waals surface area contributed by atoms with E-state index in [0.717, 1.165) is 12.8 Å². The quantitative estimate of drug-likeness (QED) is 0.475. The van der Waals surface area contributed by atoms with E-state index in [-0.39, 0.29) is 22.8 Å². The standard InChI is InChI=1S/C14H20N4O3/c1-2-17(9-10-5-3-6-10)14(19)11-7-4-8-12(16-15)13(11)18(20)21/h4,7-8,10,16H,2-3,5-6,9,15H2,1H3. The Morgan fingerprint density at radius 1 is 1.52 bits per heavy atom. The molecule has 1 fully saturated rings. The van der Waals surface area contributed by atoms with Gasteiger partial charge in [0.1, 0.15) is 11.3 Å². The van der Waals surface area contributed by atoms with E-state index in [0.29, 0.717) is 19.0 Å². The lowest BCUT2D eigenvalue weighted by molar-refractivity contribution is -0.384. The number of nitro groups is 1. The molecule has 0 saturated heterocycles. The normalized spacial score (nSPS) is 14.4. The number of benzene rings is 1. The van der Waals surface area contributed by atoms with Gasteiger partial charge in [0.2, 0.25) is 0 Å². The van der Waals surface area contributed by atoms with Crippen molar-refractivity contribution in [2.75, 3.05) is 18.5 Å². The summed E-state index contributed by atoms with van der Waals surface area (Å²) in [5.74, 6) is 5.50. The van der Waals surface area contributed by atoms with Crippen molar-refractivity contribution in [2.45, 2.75) is 26.2 Å². The highest BCUT2D eigenvalue weighted by atomic mass is 16.6. The summed E-state index contributed by atoms with van der Waals surface area (Å²) < 4.78 is 0. The maximum absolute atomic E-state index is 12.6. The first kappa shape index (κ1) is 15.2. The number of carbonyl (C=O) groups excluding carboxylic acids is 1. The van der Waals surface area contributed by atoms with Crippen molar-refractivity contribution >= 4 is 17.3 Å². The van der Waals surface area contributed by atoms with Gasteiger partial charge in [-0.2, -0.15) is 0 Å². The minimum Gasteiger partial charge on any atom is -0.338 e. The summed E-state index contributed by atoms with van der Waals surface area (Å²) in [5.41, 5.74) is 2.24. The topological polar surface area (TPSA) is 102 Å². The molecule has 0 radical (unpaired) electrons. The van der Waals surface area contributed by atoms with Gasteiger partial charge in [-0.1, -0.05) is 12.5 Å². The minimum atomic E-state index is -0.570. The van der Waals surface area contributed by atoms with Crippen molar-refractivity contribution < 1.29 is 9.72 Å². The van der Waals surface area contributed by atoms with Crippen LogP contribution < -0.4 is 11.3 Å². The lowest BCUT2D eigenvalue weighted by atomic mass is 9.85. The summed E-state index contributed by atoms with van der Waals surface area (Å²) in [6, 6.07) is 4.55. The van der Waals surface area contributed by atoms with Crippen LogP contribution in [0.2, 0.25) is 0 Å². The molecule has 0 unspecified atom stereocenters. The Bertz CT molecular complexity index is 543. The van der Waals surface area contributed by atoms with E-state index in [1.807, 2.05) is 6.92 Å². The van der Waals surface area contributed by atoms with Gasteiger partial charge in [-0.05, 0) is 37.8 Å². The van der Waals surface area contributed by atoms with Crippen molar-refractivity contribution in [3.05, 3.63) is 33.9 Å². The van der Waals surface area contributed by atoms with Crippen LogP contribution in [0.15, 0.2) is 18.2 Å². The van der Waals surface area contributed by atoms with Crippen molar-refractivity contribution in [1.82, 2.24) is 4.90 Å². The van der Waals surface area contributed by atoms with E-state index in [2.05, 4.69) is 5.43 Å². The lowest BCUT2D eigenvalue weighted by Gasteiger charge is -2.31. The van der Waals surface area contributed by atoms with Gasteiger partial charge in [0.25, 0.3) is 5.91 Å². The van der Waals surface area contributed by atoms with Crippen LogP contribution in [0.4, 0.5) is 11.4 Å². The van der Waals surface area contributed by atoms with Gasteiger partial charge in [-0.3, -0.25) is 20.8 Å². The predicted molar refractivity (Wildman–Crippen MR) is 79.8 cm³/mol. The number of nitrogens with zero attached hydrogens (tertiary/aromatic N) is 2. The van der Waals surface area contributed by atoms with Crippen LogP contribution in [0.1, 0.15) is 36.5 Å². The van der Waals surface area contributed by atoms with Gasteiger partial charge in [-0.15, -0.1) is 0 Å². The molecule has 0 aliphatic heterocycles. The smallest absolute Gasteiger partial charge is 0.306 e. The maximum atomic E-state index is 12.6. The van der Waals surface area contributed by atoms with Crippen molar-refractivity contribution in [3.8, 4) is 0 Å². The molecule has 1 aliphatic carbocycles. The van der Waals surface area contributed by atoms with Gasteiger partial charge in [0.05, 0.1) is 4.92 Å². The molecule has 1 aromatic rings. The molecule has 0 atom stereocenters. The number of nitro benzene ring substituents is 1. The molecule has 0 spiro atoms. The number of nitrogens with two attached hydrogens (primary N) is 1. The number of nitrogens with one attached hydrogen (secondary N) is 1. The molecule has 2 rings (SSSR count). The molecule has 1 aromatic carbocycles. The van der Waals surface area contributed by atoms with Gasteiger partial charge in [-0.25, -0.2) is 0 Å². The van der Waals surface area contributed by atoms with E-state index in [1.165, 1.54) is 18.6 Å². The fourth-order valence-corrected chi connectivity index (χ4v) is 2.54. The van der Waals surface area contributed by atoms with E-state index in [1.54, 1.807) is 11.0 Å². The fourth-order valence-electron chi connectivity index (χ4n) is 2.54. The zero-order valence-electron chi connectivity index (χ0n) is 12.0. The van der Waals surface area contributed by atoms with Crippen LogP contribution in [-0.4, -0.2) is 28.8 Å². The van der Waals surface area contributed by atoms with E-state index in [9.17, 15) is 14.9 Å². The molecule has 1 aliphatic rings. The molecule has 0 heterocycles. The number of anilines is 1. The molecule has 7 heteroatoms. The van der Waals surface area contributed by atoms with Crippen molar-refractivity contribution in [3.63, 3.8) is 0 Å². The molecule has 0 bridgehead atoms. The van der Waals surface area contributed by atoms with E-state index >= 15 is 0 Å². The molecule has 114 valence electrons. The Kier molecular flexibility index (Phi) is 4.74. The third kappa shape index (κ3) is 3.13. The Morgan fingerprint density at radius 3 is 2.71 bits per heavy atom. The number of nitrogen functional groups attached to an aromatic ring is 1. The number of amides is 1. The first-order valence-corrected chi connectivity index (χ1v) is 7.11. The molecule has 0 aromatic heterocycles. The summed E-state index contributed by atoms with van der Waals surface area (Å²) in [4.78, 5) is 24.9. The maximum Gasteiger partial charge on any atom is 0.306 e. The highest BCUT2D eigenvalue weighted by Crippen LogP contribution is 2.31. The Morgan fingerprint density at radius 2 is 2.24 bits per heavy atom. The van der Waals surface area contributed by atoms with E-state index < -0.39 is 4.92 Å². The second-order valence-electron chi connectivity index (χ2n) is 5.24. The Hall–Kier alpha value is -2.15. The van der Waals surface area contributed by atoms with Gasteiger partial charge < -0.3 is 10.3 Å². The fraction of sp³-hybridized carbons (Fsp3) is 0.500. The molecule has 21 heavy (non-hydrogen) atoms. The van der Waals surface area contributed by atoms with Gasteiger partial charge in [0.15, 0.2) is 0 Å². The number of hydrogen-bond acceptors (Lipinski definition) is 5. The predicted octanol–water partition coefficient (Wildman–Crippen LogP) is 2.14. The van der Waals surface area contributed by atoms with Crippen molar-refractivity contribution in [1.29, 1.82) is 0 Å². The third-order valence-electron chi connectivity index (χ3n) is 3.98. The SMILES string of the molecule is CCN(CC1CCC1)C(=O)c1cccc(NN)c1[N+](=O)[O-]. The van der Waals surface area contributed by atoms with Crippen LogP contribution in [0, 0.1) is 16.0 Å². The second kappa shape index (κ2) is 6.53. The largest absolute Gasteiger partial charge is 0.338 e. The van der Waals surface area contributed by atoms with Crippen LogP contribution in [0.3, 0.4) is 0 Å².